The van der Waals surface area contributed by atoms with Gasteiger partial charge in [0.15, 0.2) is 0 Å². The molecule has 0 unspecified atom stereocenters. The number of hydrogen-bond donors (Lipinski definition) is 2. The molecule has 3 rings (SSSR count). The summed E-state index contributed by atoms with van der Waals surface area (Å²) in [6, 6.07) is 11.5. The maximum absolute atomic E-state index is 12.7. The molecule has 5 nitrogen and oxygen atoms in total. The minimum Gasteiger partial charge on any atom is -0.350 e. The topological polar surface area (TPSA) is 62.7 Å². The van der Waals surface area contributed by atoms with Gasteiger partial charge in [-0.05, 0) is 62.9 Å². The standard InChI is InChI=1S/C20H20F3N5S/c1-19(2,3)28-18-26-16(13-6-5-9-24-12-13)11-17(27-18)25-14-7-4-8-15(10-14)29-20(21,22)23/h4-12H,1-3H3,(H2,25,26,27,28). The Labute approximate surface area is 171 Å². The minimum atomic E-state index is -4.34. The van der Waals surface area contributed by atoms with Crippen LogP contribution in [0.5, 0.6) is 0 Å². The molecule has 0 fully saturated rings. The Kier molecular flexibility index (Phi) is 5.97. The number of hydrogen-bond acceptors (Lipinski definition) is 6. The first-order chi connectivity index (χ1) is 13.6. The Morgan fingerprint density at radius 2 is 1.76 bits per heavy atom. The van der Waals surface area contributed by atoms with Crippen molar-refractivity contribution in [1.29, 1.82) is 0 Å². The molecule has 2 heterocycles. The lowest BCUT2D eigenvalue weighted by Gasteiger charge is -2.21. The third-order valence-electron chi connectivity index (χ3n) is 3.51. The van der Waals surface area contributed by atoms with Crippen LogP contribution in [0.2, 0.25) is 0 Å². The lowest BCUT2D eigenvalue weighted by Crippen LogP contribution is -2.27. The highest BCUT2D eigenvalue weighted by Crippen LogP contribution is 2.38. The zero-order chi connectivity index (χ0) is 21.1. The van der Waals surface area contributed by atoms with E-state index in [-0.39, 0.29) is 22.2 Å². The van der Waals surface area contributed by atoms with E-state index in [9.17, 15) is 13.2 Å². The molecule has 0 spiro atoms. The van der Waals surface area contributed by atoms with Crippen LogP contribution in [0.25, 0.3) is 11.3 Å². The van der Waals surface area contributed by atoms with E-state index in [1.165, 1.54) is 12.1 Å². The van der Waals surface area contributed by atoms with Crippen molar-refractivity contribution in [3.8, 4) is 11.3 Å². The van der Waals surface area contributed by atoms with E-state index >= 15 is 0 Å². The molecule has 2 N–H and O–H groups in total. The first-order valence-electron chi connectivity index (χ1n) is 8.78. The number of anilines is 3. The SMILES string of the molecule is CC(C)(C)Nc1nc(Nc2cccc(SC(F)(F)F)c2)cc(-c2cccnc2)n1. The summed E-state index contributed by atoms with van der Waals surface area (Å²) in [5.41, 5.74) is -2.67. The van der Waals surface area contributed by atoms with Crippen molar-refractivity contribution in [2.75, 3.05) is 10.6 Å². The van der Waals surface area contributed by atoms with Crippen LogP contribution in [0.15, 0.2) is 59.8 Å². The van der Waals surface area contributed by atoms with Gasteiger partial charge >= 0.3 is 5.51 Å². The Bertz CT molecular complexity index is 972. The highest BCUT2D eigenvalue weighted by molar-refractivity contribution is 8.00. The molecule has 9 heteroatoms. The summed E-state index contributed by atoms with van der Waals surface area (Å²) < 4.78 is 38.0. The fourth-order valence-electron chi connectivity index (χ4n) is 2.48. The maximum Gasteiger partial charge on any atom is 0.446 e. The number of halogens is 3. The van der Waals surface area contributed by atoms with Gasteiger partial charge in [0.1, 0.15) is 5.82 Å². The molecule has 0 saturated carbocycles. The van der Waals surface area contributed by atoms with Gasteiger partial charge in [-0.1, -0.05) is 6.07 Å². The summed E-state index contributed by atoms with van der Waals surface area (Å²) >= 11 is -0.157. The zero-order valence-electron chi connectivity index (χ0n) is 16.1. The van der Waals surface area contributed by atoms with Gasteiger partial charge in [-0.25, -0.2) is 4.98 Å². The monoisotopic (exact) mass is 419 g/mol. The second-order valence-corrected chi connectivity index (χ2v) is 8.42. The molecule has 0 radical (unpaired) electrons. The third kappa shape index (κ3) is 6.63. The summed E-state index contributed by atoms with van der Waals surface area (Å²) in [5.74, 6) is 0.863. The van der Waals surface area contributed by atoms with Crippen LogP contribution >= 0.6 is 11.8 Å². The van der Waals surface area contributed by atoms with Crippen LogP contribution in [-0.2, 0) is 0 Å². The Hall–Kier alpha value is -2.81. The van der Waals surface area contributed by atoms with E-state index in [1.807, 2.05) is 26.8 Å². The first kappa shape index (κ1) is 20.9. The van der Waals surface area contributed by atoms with Gasteiger partial charge in [-0.15, -0.1) is 0 Å². The van der Waals surface area contributed by atoms with Gasteiger partial charge < -0.3 is 10.6 Å². The highest BCUT2D eigenvalue weighted by Gasteiger charge is 2.29. The van der Waals surface area contributed by atoms with E-state index in [0.717, 1.165) is 5.56 Å². The van der Waals surface area contributed by atoms with Crippen molar-refractivity contribution in [3.63, 3.8) is 0 Å². The molecule has 0 aliphatic carbocycles. The number of alkyl halides is 3. The Morgan fingerprint density at radius 1 is 0.966 bits per heavy atom. The third-order valence-corrected chi connectivity index (χ3v) is 4.23. The van der Waals surface area contributed by atoms with Crippen molar-refractivity contribution >= 4 is 29.2 Å². The molecule has 0 aliphatic rings. The van der Waals surface area contributed by atoms with E-state index in [0.29, 0.717) is 23.1 Å². The number of rotatable bonds is 5. The van der Waals surface area contributed by atoms with Crippen LogP contribution in [0, 0.1) is 0 Å². The molecule has 0 amide bonds. The van der Waals surface area contributed by atoms with Crippen molar-refractivity contribution in [2.24, 2.45) is 0 Å². The largest absolute Gasteiger partial charge is 0.446 e. The Morgan fingerprint density at radius 3 is 2.41 bits per heavy atom. The fraction of sp³-hybridized carbons (Fsp3) is 0.250. The lowest BCUT2D eigenvalue weighted by molar-refractivity contribution is -0.0328. The van der Waals surface area contributed by atoms with Crippen LogP contribution in [0.1, 0.15) is 20.8 Å². The predicted molar refractivity (Wildman–Crippen MR) is 110 cm³/mol. The Balaban J connectivity index is 1.94. The fourth-order valence-corrected chi connectivity index (χ4v) is 3.08. The first-order valence-corrected chi connectivity index (χ1v) is 9.60. The molecular formula is C20H20F3N5S. The summed E-state index contributed by atoms with van der Waals surface area (Å²) in [5, 5.41) is 6.30. The summed E-state index contributed by atoms with van der Waals surface area (Å²) in [4.78, 5) is 13.2. The zero-order valence-corrected chi connectivity index (χ0v) is 16.9. The maximum atomic E-state index is 12.7. The number of pyridine rings is 1. The average Bonchev–Trinajstić information content (AvgIpc) is 2.59. The van der Waals surface area contributed by atoms with E-state index in [2.05, 4.69) is 25.6 Å². The van der Waals surface area contributed by atoms with E-state index in [4.69, 9.17) is 0 Å². The molecule has 0 aliphatic heterocycles. The van der Waals surface area contributed by atoms with Crippen LogP contribution in [-0.4, -0.2) is 26.0 Å². The van der Waals surface area contributed by atoms with Gasteiger partial charge in [0.05, 0.1) is 5.69 Å². The van der Waals surface area contributed by atoms with Gasteiger partial charge in [-0.2, -0.15) is 18.2 Å². The smallest absolute Gasteiger partial charge is 0.350 e. The van der Waals surface area contributed by atoms with Crippen LogP contribution < -0.4 is 10.6 Å². The second-order valence-electron chi connectivity index (χ2n) is 7.28. The molecule has 29 heavy (non-hydrogen) atoms. The molecule has 1 aromatic carbocycles. The van der Waals surface area contributed by atoms with Gasteiger partial charge in [0.2, 0.25) is 5.95 Å². The van der Waals surface area contributed by atoms with Crippen molar-refractivity contribution in [1.82, 2.24) is 15.0 Å². The van der Waals surface area contributed by atoms with Crippen LogP contribution in [0.4, 0.5) is 30.6 Å². The molecule has 0 bridgehead atoms. The number of aromatic nitrogens is 3. The summed E-state index contributed by atoms with van der Waals surface area (Å²) in [7, 11) is 0. The molecule has 0 saturated heterocycles. The van der Waals surface area contributed by atoms with E-state index in [1.54, 1.807) is 36.7 Å². The normalized spacial score (nSPS) is 11.9. The van der Waals surface area contributed by atoms with Crippen molar-refractivity contribution in [3.05, 3.63) is 54.9 Å². The van der Waals surface area contributed by atoms with Gasteiger partial charge in [0, 0.05) is 40.1 Å². The van der Waals surface area contributed by atoms with Crippen molar-refractivity contribution < 1.29 is 13.2 Å². The van der Waals surface area contributed by atoms with Crippen molar-refractivity contribution in [2.45, 2.75) is 36.7 Å². The summed E-state index contributed by atoms with van der Waals surface area (Å²) in [6.45, 7) is 5.95. The minimum absolute atomic E-state index is 0.0945. The number of benzene rings is 1. The van der Waals surface area contributed by atoms with Crippen LogP contribution in [0.3, 0.4) is 0 Å². The van der Waals surface area contributed by atoms with E-state index < -0.39 is 5.51 Å². The highest BCUT2D eigenvalue weighted by atomic mass is 32.2. The number of nitrogens with zero attached hydrogens (tertiary/aromatic N) is 3. The predicted octanol–water partition coefficient (Wildman–Crippen LogP) is 6.10. The molecule has 0 atom stereocenters. The second kappa shape index (κ2) is 8.28. The molecule has 2 aromatic heterocycles. The number of nitrogens with one attached hydrogen (secondary N) is 2. The summed E-state index contributed by atoms with van der Waals surface area (Å²) in [6.07, 6.45) is 3.36. The molecular weight excluding hydrogens is 399 g/mol. The number of thioether (sulfide) groups is 1. The molecule has 3 aromatic rings. The quantitative estimate of drug-likeness (QED) is 0.487. The molecule has 152 valence electrons. The lowest BCUT2D eigenvalue weighted by atomic mass is 10.1. The van der Waals surface area contributed by atoms with Gasteiger partial charge in [-0.3, -0.25) is 4.98 Å². The van der Waals surface area contributed by atoms with Gasteiger partial charge in [0.25, 0.3) is 0 Å². The average molecular weight is 419 g/mol.